The molecule has 2 rings (SSSR count). The van der Waals surface area contributed by atoms with Crippen LogP contribution in [0.15, 0.2) is 30.5 Å². The molecule has 1 aromatic carbocycles. The Morgan fingerprint density at radius 2 is 2.21 bits per heavy atom. The van der Waals surface area contributed by atoms with Gasteiger partial charge in [0.05, 0.1) is 25.0 Å². The lowest BCUT2D eigenvalue weighted by atomic mass is 10.00. The summed E-state index contributed by atoms with van der Waals surface area (Å²) in [6.07, 6.45) is 2.86. The van der Waals surface area contributed by atoms with Gasteiger partial charge in [-0.15, -0.1) is 0 Å². The molecule has 102 valence electrons. The molecule has 0 aliphatic heterocycles. The lowest BCUT2D eigenvalue weighted by molar-refractivity contribution is 0.415. The zero-order chi connectivity index (χ0) is 13.8. The predicted molar refractivity (Wildman–Crippen MR) is 77.0 cm³/mol. The first-order valence-corrected chi connectivity index (χ1v) is 6.60. The summed E-state index contributed by atoms with van der Waals surface area (Å²) in [5.41, 5.74) is 8.19. The van der Waals surface area contributed by atoms with Crippen LogP contribution in [0.25, 0.3) is 11.3 Å². The Kier molecular flexibility index (Phi) is 4.22. The van der Waals surface area contributed by atoms with Crippen molar-refractivity contribution in [3.05, 3.63) is 36.3 Å². The van der Waals surface area contributed by atoms with E-state index in [0.717, 1.165) is 29.3 Å². The summed E-state index contributed by atoms with van der Waals surface area (Å²) in [5.74, 6) is 2.08. The minimum Gasteiger partial charge on any atom is -0.497 e. The molecule has 2 unspecified atom stereocenters. The molecule has 0 saturated heterocycles. The molecule has 1 heterocycles. The van der Waals surface area contributed by atoms with Gasteiger partial charge in [0.1, 0.15) is 11.6 Å². The van der Waals surface area contributed by atoms with Gasteiger partial charge in [0, 0.05) is 5.56 Å². The molecule has 2 atom stereocenters. The lowest BCUT2D eigenvalue weighted by Gasteiger charge is -2.15. The number of imidazole rings is 1. The van der Waals surface area contributed by atoms with Crippen molar-refractivity contribution < 1.29 is 4.74 Å². The summed E-state index contributed by atoms with van der Waals surface area (Å²) in [6, 6.07) is 7.83. The van der Waals surface area contributed by atoms with E-state index < -0.39 is 0 Å². The summed E-state index contributed by atoms with van der Waals surface area (Å²) in [6.45, 7) is 4.27. The number of nitrogens with one attached hydrogen (secondary N) is 1. The topological polar surface area (TPSA) is 63.9 Å². The Morgan fingerprint density at radius 3 is 2.89 bits per heavy atom. The molecular formula is C15H21N3O. The molecule has 0 aliphatic rings. The second-order valence-electron chi connectivity index (χ2n) is 4.83. The first-order valence-electron chi connectivity index (χ1n) is 6.60. The van der Waals surface area contributed by atoms with Gasteiger partial charge >= 0.3 is 0 Å². The maximum Gasteiger partial charge on any atom is 0.123 e. The van der Waals surface area contributed by atoms with Crippen molar-refractivity contribution in [1.29, 1.82) is 0 Å². The number of nitrogens with zero attached hydrogens (tertiary/aromatic N) is 1. The van der Waals surface area contributed by atoms with Gasteiger partial charge in [-0.3, -0.25) is 0 Å². The highest BCUT2D eigenvalue weighted by Gasteiger charge is 2.16. The van der Waals surface area contributed by atoms with Crippen LogP contribution in [0.5, 0.6) is 5.75 Å². The van der Waals surface area contributed by atoms with E-state index in [0.29, 0.717) is 5.92 Å². The van der Waals surface area contributed by atoms with Crippen LogP contribution < -0.4 is 10.5 Å². The lowest BCUT2D eigenvalue weighted by Crippen LogP contribution is -2.19. The van der Waals surface area contributed by atoms with Crippen molar-refractivity contribution >= 4 is 0 Å². The van der Waals surface area contributed by atoms with Gasteiger partial charge in [-0.25, -0.2) is 4.98 Å². The van der Waals surface area contributed by atoms with Crippen LogP contribution >= 0.6 is 0 Å². The number of ether oxygens (including phenoxy) is 1. The summed E-state index contributed by atoms with van der Waals surface area (Å²) < 4.78 is 5.23. The number of benzene rings is 1. The second kappa shape index (κ2) is 5.89. The highest BCUT2D eigenvalue weighted by Crippen LogP contribution is 2.25. The summed E-state index contributed by atoms with van der Waals surface area (Å²) in [4.78, 5) is 7.70. The Hall–Kier alpha value is -1.81. The van der Waals surface area contributed by atoms with Gasteiger partial charge in [0.2, 0.25) is 0 Å². The molecule has 0 saturated carbocycles. The Balaban J connectivity index is 2.25. The quantitative estimate of drug-likeness (QED) is 0.867. The van der Waals surface area contributed by atoms with Crippen molar-refractivity contribution in [2.45, 2.75) is 26.3 Å². The fourth-order valence-electron chi connectivity index (χ4n) is 1.97. The molecule has 1 aromatic heterocycles. The number of rotatable bonds is 5. The number of hydrogen-bond acceptors (Lipinski definition) is 3. The first-order chi connectivity index (χ1) is 9.15. The summed E-state index contributed by atoms with van der Waals surface area (Å²) in [7, 11) is 1.66. The van der Waals surface area contributed by atoms with Gasteiger partial charge in [-0.2, -0.15) is 0 Å². The van der Waals surface area contributed by atoms with Crippen molar-refractivity contribution in [3.8, 4) is 17.0 Å². The number of aromatic amines is 1. The van der Waals surface area contributed by atoms with Gasteiger partial charge in [0.25, 0.3) is 0 Å². The molecular weight excluding hydrogens is 238 g/mol. The van der Waals surface area contributed by atoms with Crippen LogP contribution in [0.1, 0.15) is 32.1 Å². The van der Waals surface area contributed by atoms with Crippen LogP contribution in [0.2, 0.25) is 0 Å². The highest BCUT2D eigenvalue weighted by atomic mass is 16.5. The van der Waals surface area contributed by atoms with Crippen LogP contribution in [0.3, 0.4) is 0 Å². The van der Waals surface area contributed by atoms with Crippen LogP contribution in [-0.2, 0) is 0 Å². The third kappa shape index (κ3) is 2.96. The zero-order valence-electron chi connectivity index (χ0n) is 11.7. The molecule has 4 heteroatoms. The van der Waals surface area contributed by atoms with Crippen molar-refractivity contribution in [3.63, 3.8) is 0 Å². The fourth-order valence-corrected chi connectivity index (χ4v) is 1.97. The summed E-state index contributed by atoms with van der Waals surface area (Å²) in [5, 5.41) is 0. The maximum atomic E-state index is 6.18. The predicted octanol–water partition coefficient (Wildman–Crippen LogP) is 3.13. The molecule has 0 spiro atoms. The van der Waals surface area contributed by atoms with Gasteiger partial charge in [-0.1, -0.05) is 32.4 Å². The number of methoxy groups -OCH3 is 1. The fraction of sp³-hybridized carbons (Fsp3) is 0.400. The Bertz CT molecular complexity index is 536. The van der Waals surface area contributed by atoms with Gasteiger partial charge in [-0.05, 0) is 18.1 Å². The number of nitrogens with two attached hydrogens (primary N) is 1. The average Bonchev–Trinajstić information content (AvgIpc) is 2.95. The molecule has 0 fully saturated rings. The Labute approximate surface area is 114 Å². The van der Waals surface area contributed by atoms with E-state index in [1.165, 1.54) is 0 Å². The number of aromatic nitrogens is 2. The van der Waals surface area contributed by atoms with Crippen molar-refractivity contribution in [2.75, 3.05) is 7.11 Å². The minimum atomic E-state index is -0.0515. The normalized spacial score (nSPS) is 14.1. The number of hydrogen-bond donors (Lipinski definition) is 2. The van der Waals surface area contributed by atoms with E-state index in [1.54, 1.807) is 7.11 Å². The highest BCUT2D eigenvalue weighted by molar-refractivity contribution is 5.60. The second-order valence-corrected chi connectivity index (χ2v) is 4.83. The SMILES string of the molecule is CCC(C)C(N)c1ncc(-c2cccc(OC)c2)[nH]1. The van der Waals surface area contributed by atoms with Crippen LogP contribution in [-0.4, -0.2) is 17.1 Å². The third-order valence-corrected chi connectivity index (χ3v) is 3.55. The molecule has 19 heavy (non-hydrogen) atoms. The molecule has 0 amide bonds. The van der Waals surface area contributed by atoms with Gasteiger partial charge in [0.15, 0.2) is 0 Å². The zero-order valence-corrected chi connectivity index (χ0v) is 11.7. The van der Waals surface area contributed by atoms with Crippen molar-refractivity contribution in [1.82, 2.24) is 9.97 Å². The van der Waals surface area contributed by atoms with E-state index in [4.69, 9.17) is 10.5 Å². The average molecular weight is 259 g/mol. The molecule has 3 N–H and O–H groups in total. The van der Waals surface area contributed by atoms with Crippen LogP contribution in [0.4, 0.5) is 0 Å². The monoisotopic (exact) mass is 259 g/mol. The standard InChI is InChI=1S/C15H21N3O/c1-4-10(2)14(16)15-17-9-13(18-15)11-6-5-7-12(8-11)19-3/h5-10,14H,4,16H2,1-3H3,(H,17,18). The van der Waals surface area contributed by atoms with Crippen LogP contribution in [0, 0.1) is 5.92 Å². The summed E-state index contributed by atoms with van der Waals surface area (Å²) >= 11 is 0. The first kappa shape index (κ1) is 13.6. The maximum absolute atomic E-state index is 6.18. The van der Waals surface area contributed by atoms with Gasteiger partial charge < -0.3 is 15.5 Å². The third-order valence-electron chi connectivity index (χ3n) is 3.55. The molecule has 4 nitrogen and oxygen atoms in total. The largest absolute Gasteiger partial charge is 0.497 e. The Morgan fingerprint density at radius 1 is 1.42 bits per heavy atom. The van der Waals surface area contributed by atoms with E-state index in [9.17, 15) is 0 Å². The smallest absolute Gasteiger partial charge is 0.123 e. The number of H-pyrrole nitrogens is 1. The molecule has 0 aliphatic carbocycles. The van der Waals surface area contributed by atoms with E-state index >= 15 is 0 Å². The molecule has 2 aromatic rings. The molecule has 0 bridgehead atoms. The van der Waals surface area contributed by atoms with Crippen molar-refractivity contribution in [2.24, 2.45) is 11.7 Å². The molecule has 0 radical (unpaired) electrons. The van der Waals surface area contributed by atoms with E-state index in [1.807, 2.05) is 30.5 Å². The van der Waals surface area contributed by atoms with E-state index in [2.05, 4.69) is 23.8 Å². The minimum absolute atomic E-state index is 0.0515. The van der Waals surface area contributed by atoms with E-state index in [-0.39, 0.29) is 6.04 Å².